The number of carbonyl (C=O) groups is 7. The van der Waals surface area contributed by atoms with Crippen LogP contribution < -0.4 is 9.47 Å². The van der Waals surface area contributed by atoms with Gasteiger partial charge in [0.15, 0.2) is 61.6 Å². The Morgan fingerprint density at radius 1 is 0.404 bits per heavy atom. The standard InChI is InChI=1S/C73H78O26/c1-41-57(84-37-47-23-13-8-14-24-47)62(64(85-38-48-25-15-9-16-26-48)72(87-41)92-53-35-33-52(82-7)34-36-53)98-71-65(60(90-45(5)76)55(40-86-71)94-70-56(78)61(91-46(6)77)59(89-44(4)75)54(93-70)39-83-43(3)74)99-73-66(97-69(81)51-31-21-12-22-32-51)63(96-68(80)50-29-19-11-20-30-50)58(42(2)88-73)95-67(79)49-27-17-10-18-28-49/h8-36,41-42,54-66,70-73,78H,37-40H2,1-7H3/t41-,42-,54-,55-,56-,57-,58-,59+,60+,61-,62+,63+,64-,65-,66-,70+,71+,72+,73+/m1/s1. The van der Waals surface area contributed by atoms with Gasteiger partial charge in [-0.15, -0.1) is 0 Å². The van der Waals surface area contributed by atoms with E-state index in [-0.39, 0.29) is 29.9 Å². The minimum absolute atomic E-state index is 0.00208. The Hall–Kier alpha value is -9.19. The second kappa shape index (κ2) is 34.5. The van der Waals surface area contributed by atoms with E-state index in [1.807, 2.05) is 60.7 Å². The average Bonchev–Trinajstić information content (AvgIpc) is 0.768. The number of aliphatic hydroxyl groups excluding tert-OH is 1. The second-order valence-electron chi connectivity index (χ2n) is 23.6. The highest BCUT2D eigenvalue weighted by molar-refractivity contribution is 5.91. The van der Waals surface area contributed by atoms with Crippen LogP contribution in [0.5, 0.6) is 11.5 Å². The first-order chi connectivity index (χ1) is 47.8. The summed E-state index contributed by atoms with van der Waals surface area (Å²) in [6.07, 6.45) is -30.5. The van der Waals surface area contributed by atoms with Crippen molar-refractivity contribution in [1.29, 1.82) is 0 Å². The lowest BCUT2D eigenvalue weighted by Gasteiger charge is -2.50. The highest BCUT2D eigenvalue weighted by Crippen LogP contribution is 2.40. The number of rotatable bonds is 26. The van der Waals surface area contributed by atoms with Gasteiger partial charge in [-0.25, -0.2) is 14.4 Å². The molecular formula is C73H78O26. The zero-order valence-electron chi connectivity index (χ0n) is 55.2. The van der Waals surface area contributed by atoms with Crippen LogP contribution >= 0.6 is 0 Å². The number of esters is 7. The van der Waals surface area contributed by atoms with Gasteiger partial charge in [0, 0.05) is 27.7 Å². The summed E-state index contributed by atoms with van der Waals surface area (Å²) in [5, 5.41) is 12.2. The summed E-state index contributed by atoms with van der Waals surface area (Å²) in [6, 6.07) is 48.7. The maximum atomic E-state index is 14.7. The molecule has 6 aromatic rings. The van der Waals surface area contributed by atoms with Gasteiger partial charge in [0.25, 0.3) is 0 Å². The van der Waals surface area contributed by atoms with Crippen molar-refractivity contribution >= 4 is 41.8 Å². The zero-order valence-corrected chi connectivity index (χ0v) is 55.2. The molecule has 0 saturated carbocycles. The molecule has 0 radical (unpaired) electrons. The van der Waals surface area contributed by atoms with Gasteiger partial charge in [-0.2, -0.15) is 0 Å². The Labute approximate surface area is 570 Å². The van der Waals surface area contributed by atoms with Gasteiger partial charge < -0.3 is 90.4 Å². The van der Waals surface area contributed by atoms with Crippen molar-refractivity contribution in [2.75, 3.05) is 20.3 Å². The minimum Gasteiger partial charge on any atom is -0.497 e. The molecule has 10 rings (SSSR count). The van der Waals surface area contributed by atoms with Crippen molar-refractivity contribution in [2.24, 2.45) is 0 Å². The fraction of sp³-hybridized carbons (Fsp3) is 0.411. The summed E-state index contributed by atoms with van der Waals surface area (Å²) in [5.74, 6) is -5.50. The summed E-state index contributed by atoms with van der Waals surface area (Å²) in [4.78, 5) is 95.2. The number of hydrogen-bond donors (Lipinski definition) is 1. The van der Waals surface area contributed by atoms with E-state index in [4.69, 9.17) is 85.3 Å². The predicted molar refractivity (Wildman–Crippen MR) is 342 cm³/mol. The molecule has 0 aromatic heterocycles. The Morgan fingerprint density at radius 2 is 0.848 bits per heavy atom. The van der Waals surface area contributed by atoms with Gasteiger partial charge >= 0.3 is 41.8 Å². The summed E-state index contributed by atoms with van der Waals surface area (Å²) >= 11 is 0. The number of carbonyl (C=O) groups excluding carboxylic acids is 7. The van der Waals surface area contributed by atoms with Crippen molar-refractivity contribution in [2.45, 2.75) is 171 Å². The first-order valence-electron chi connectivity index (χ1n) is 32.1. The molecule has 1 N–H and O–H groups in total. The van der Waals surface area contributed by atoms with Crippen molar-refractivity contribution in [3.63, 3.8) is 0 Å². The monoisotopic (exact) mass is 1370 g/mol. The lowest BCUT2D eigenvalue weighted by atomic mass is 9.96. The maximum Gasteiger partial charge on any atom is 0.338 e. The average molecular weight is 1370 g/mol. The van der Waals surface area contributed by atoms with E-state index in [0.29, 0.717) is 11.5 Å². The van der Waals surface area contributed by atoms with Crippen molar-refractivity contribution in [1.82, 2.24) is 0 Å². The van der Waals surface area contributed by atoms with E-state index in [2.05, 4.69) is 0 Å². The fourth-order valence-corrected chi connectivity index (χ4v) is 11.7. The molecule has 26 heteroatoms. The van der Waals surface area contributed by atoms with Gasteiger partial charge in [0.1, 0.15) is 54.7 Å². The van der Waals surface area contributed by atoms with Crippen LogP contribution in [0.15, 0.2) is 176 Å². The smallest absolute Gasteiger partial charge is 0.338 e. The molecule has 4 saturated heterocycles. The molecule has 0 amide bonds. The second-order valence-corrected chi connectivity index (χ2v) is 23.6. The SMILES string of the molecule is COc1ccc(O[C@@H]2O[C@H](C)[C@@H](OCc3ccccc3)[C@H](O[C@@H]3OC[C@@H](O[C@@H]4O[C@H](COC(C)=O)[C@H](OC(C)=O)[C@H](OC(C)=O)[C@H]4O)[C@H](OC(C)=O)[C@H]3O[C@@H]3O[C@H](C)[C@@H](OC(=O)c4ccccc4)[C@H](OC(=O)c4ccccc4)[C@H]3OC(=O)c3ccccc3)[C@H]2OCc2ccccc2)cc1. The number of ether oxygens (including phenoxy) is 18. The number of hydrogen-bond acceptors (Lipinski definition) is 26. The highest BCUT2D eigenvalue weighted by Gasteiger charge is 2.59. The van der Waals surface area contributed by atoms with E-state index < -0.39 is 172 Å². The topological polar surface area (TPSA) is 306 Å². The quantitative estimate of drug-likeness (QED) is 0.0409. The first-order valence-corrected chi connectivity index (χ1v) is 32.1. The molecule has 0 spiro atoms. The molecule has 0 bridgehead atoms. The number of aliphatic hydroxyl groups is 1. The summed E-state index contributed by atoms with van der Waals surface area (Å²) in [5.41, 5.74) is 1.66. The van der Waals surface area contributed by atoms with Crippen molar-refractivity contribution < 1.29 is 124 Å². The van der Waals surface area contributed by atoms with Crippen LogP contribution in [-0.4, -0.2) is 184 Å². The Morgan fingerprint density at radius 3 is 1.36 bits per heavy atom. The molecule has 4 fully saturated rings. The maximum absolute atomic E-state index is 14.7. The summed E-state index contributed by atoms with van der Waals surface area (Å²) < 4.78 is 115. The molecule has 19 atom stereocenters. The largest absolute Gasteiger partial charge is 0.497 e. The molecule has 99 heavy (non-hydrogen) atoms. The predicted octanol–water partition coefficient (Wildman–Crippen LogP) is 7.37. The van der Waals surface area contributed by atoms with Crippen molar-refractivity contribution in [3.8, 4) is 11.5 Å². The zero-order chi connectivity index (χ0) is 70.1. The van der Waals surface area contributed by atoms with Crippen LogP contribution in [0.4, 0.5) is 0 Å². The first kappa shape index (κ1) is 72.6. The third-order valence-electron chi connectivity index (χ3n) is 16.3. The minimum atomic E-state index is -2.02. The van der Waals surface area contributed by atoms with Crippen molar-refractivity contribution in [3.05, 3.63) is 204 Å². The van der Waals surface area contributed by atoms with Crippen LogP contribution in [0.1, 0.15) is 83.7 Å². The third-order valence-corrected chi connectivity index (χ3v) is 16.3. The molecule has 526 valence electrons. The molecule has 0 aliphatic carbocycles. The summed E-state index contributed by atoms with van der Waals surface area (Å²) in [6.45, 7) is 6.22. The summed E-state index contributed by atoms with van der Waals surface area (Å²) in [7, 11) is 1.52. The van der Waals surface area contributed by atoms with Crippen LogP contribution in [-0.2, 0) is 108 Å². The highest BCUT2D eigenvalue weighted by atomic mass is 16.8. The molecule has 26 nitrogen and oxygen atoms in total. The molecule has 6 aromatic carbocycles. The van der Waals surface area contributed by atoms with Crippen LogP contribution in [0, 0.1) is 0 Å². The van der Waals surface area contributed by atoms with Gasteiger partial charge in [-0.05, 0) is 85.6 Å². The Balaban J connectivity index is 1.11. The molecule has 4 heterocycles. The third kappa shape index (κ3) is 19.2. The van der Waals surface area contributed by atoms with Gasteiger partial charge in [0.05, 0.1) is 55.8 Å². The normalized spacial score (nSPS) is 28.9. The molecule has 4 aliphatic heterocycles. The van der Waals surface area contributed by atoms with E-state index >= 15 is 0 Å². The molecule has 4 aliphatic rings. The van der Waals surface area contributed by atoms with Gasteiger partial charge in [-0.3, -0.25) is 19.2 Å². The lowest BCUT2D eigenvalue weighted by Crippen LogP contribution is -2.68. The van der Waals surface area contributed by atoms with Crippen LogP contribution in [0.2, 0.25) is 0 Å². The Bertz CT molecular complexity index is 3610. The number of benzene rings is 6. The van der Waals surface area contributed by atoms with Gasteiger partial charge in [-0.1, -0.05) is 115 Å². The Kier molecular flexibility index (Phi) is 25.3. The molecular weight excluding hydrogens is 1290 g/mol. The van der Waals surface area contributed by atoms with E-state index in [9.17, 15) is 38.7 Å². The van der Waals surface area contributed by atoms with E-state index in [0.717, 1.165) is 38.8 Å². The fourth-order valence-electron chi connectivity index (χ4n) is 11.7. The lowest BCUT2D eigenvalue weighted by molar-refractivity contribution is -0.389. The van der Waals surface area contributed by atoms with Gasteiger partial charge in [0.2, 0.25) is 6.29 Å². The van der Waals surface area contributed by atoms with Crippen LogP contribution in [0.25, 0.3) is 0 Å². The van der Waals surface area contributed by atoms with E-state index in [1.165, 1.54) is 50.4 Å². The van der Waals surface area contributed by atoms with Crippen LogP contribution in [0.3, 0.4) is 0 Å². The number of methoxy groups -OCH3 is 1. The molecule has 0 unspecified atom stereocenters. The van der Waals surface area contributed by atoms with E-state index in [1.54, 1.807) is 85.8 Å².